The Morgan fingerprint density at radius 2 is 1.81 bits per heavy atom. The van der Waals surface area contributed by atoms with Gasteiger partial charge in [-0.05, 0) is 59.9 Å². The molecule has 7 heteroatoms. The van der Waals surface area contributed by atoms with Crippen molar-refractivity contribution in [1.29, 1.82) is 0 Å². The molecule has 4 rings (SSSR count). The molecule has 4 aromatic rings. The standard InChI is InChI=1S/C29H33N5O2/c1-3-25(21-8-5-4-6-9-21)29(22-11-13-26-24(18-22)20-33-34-26)23-12-14-28(32-19-23)36-17-16-31-15-7-10-27(35)30-2/h4-6,8-9,11-14,18-20,31H,3,7,10,15-17H2,1-2H3,(H,30,35)(H,33,34)/b29-25-. The average molecular weight is 484 g/mol. The Kier molecular flexibility index (Phi) is 8.83. The molecule has 0 spiro atoms. The van der Waals surface area contributed by atoms with E-state index in [4.69, 9.17) is 4.74 Å². The van der Waals surface area contributed by atoms with E-state index in [-0.39, 0.29) is 5.91 Å². The molecular formula is C29H33N5O2. The van der Waals surface area contributed by atoms with Crippen molar-refractivity contribution in [2.24, 2.45) is 0 Å². The van der Waals surface area contributed by atoms with Crippen molar-refractivity contribution in [1.82, 2.24) is 25.8 Å². The van der Waals surface area contributed by atoms with Crippen molar-refractivity contribution in [3.63, 3.8) is 0 Å². The summed E-state index contributed by atoms with van der Waals surface area (Å²) in [4.78, 5) is 15.9. The maximum Gasteiger partial charge on any atom is 0.219 e. The summed E-state index contributed by atoms with van der Waals surface area (Å²) in [5.74, 6) is 0.655. The van der Waals surface area contributed by atoms with Crippen LogP contribution in [0.1, 0.15) is 42.9 Å². The second kappa shape index (κ2) is 12.7. The fraction of sp³-hybridized carbons (Fsp3) is 0.276. The van der Waals surface area contributed by atoms with Crippen molar-refractivity contribution >= 4 is 28.0 Å². The molecule has 0 saturated heterocycles. The van der Waals surface area contributed by atoms with Crippen molar-refractivity contribution in [3.05, 3.63) is 89.7 Å². The van der Waals surface area contributed by atoms with Crippen LogP contribution in [0.2, 0.25) is 0 Å². The van der Waals surface area contributed by atoms with Crippen LogP contribution in [0.4, 0.5) is 0 Å². The molecule has 0 aliphatic heterocycles. The fourth-order valence-corrected chi connectivity index (χ4v) is 4.24. The number of aromatic nitrogens is 3. The lowest BCUT2D eigenvalue weighted by Crippen LogP contribution is -2.24. The third kappa shape index (κ3) is 6.37. The molecule has 2 heterocycles. The number of hydrogen-bond acceptors (Lipinski definition) is 5. The Morgan fingerprint density at radius 3 is 2.56 bits per heavy atom. The van der Waals surface area contributed by atoms with E-state index >= 15 is 0 Å². The number of benzene rings is 2. The smallest absolute Gasteiger partial charge is 0.219 e. The number of nitrogens with one attached hydrogen (secondary N) is 3. The summed E-state index contributed by atoms with van der Waals surface area (Å²) in [6.07, 6.45) is 5.95. The molecule has 0 saturated carbocycles. The molecule has 2 aromatic heterocycles. The SMILES string of the molecule is CC/C(=C(/c1ccc(OCCNCCCC(=O)NC)nc1)c1ccc2[nH]ncc2c1)c1ccccc1. The van der Waals surface area contributed by atoms with Gasteiger partial charge in [0.15, 0.2) is 0 Å². The molecule has 2 aromatic carbocycles. The number of carbonyl (C=O) groups is 1. The second-order valence-electron chi connectivity index (χ2n) is 8.51. The van der Waals surface area contributed by atoms with Gasteiger partial charge in [-0.2, -0.15) is 5.10 Å². The molecular weight excluding hydrogens is 450 g/mol. The Hall–Kier alpha value is -3.97. The number of nitrogens with zero attached hydrogens (tertiary/aromatic N) is 2. The van der Waals surface area contributed by atoms with Crippen LogP contribution in [-0.4, -0.2) is 47.8 Å². The molecule has 36 heavy (non-hydrogen) atoms. The van der Waals surface area contributed by atoms with Crippen LogP contribution in [0.3, 0.4) is 0 Å². The number of hydrogen-bond donors (Lipinski definition) is 3. The lowest BCUT2D eigenvalue weighted by Gasteiger charge is -2.16. The molecule has 0 aliphatic carbocycles. The van der Waals surface area contributed by atoms with Gasteiger partial charge in [0, 0.05) is 43.2 Å². The van der Waals surface area contributed by atoms with Gasteiger partial charge < -0.3 is 15.4 Å². The topological polar surface area (TPSA) is 91.9 Å². The number of aromatic amines is 1. The molecule has 1 amide bonds. The summed E-state index contributed by atoms with van der Waals surface area (Å²) in [5.41, 5.74) is 6.79. The van der Waals surface area contributed by atoms with Crippen LogP contribution in [0.5, 0.6) is 5.88 Å². The summed E-state index contributed by atoms with van der Waals surface area (Å²) in [7, 11) is 1.66. The number of fused-ring (bicyclic) bond motifs is 1. The van der Waals surface area contributed by atoms with E-state index in [1.54, 1.807) is 7.05 Å². The highest BCUT2D eigenvalue weighted by Crippen LogP contribution is 2.35. The number of rotatable bonds is 12. The highest BCUT2D eigenvalue weighted by molar-refractivity contribution is 6.00. The molecule has 0 fully saturated rings. The molecule has 0 unspecified atom stereocenters. The van der Waals surface area contributed by atoms with Crippen LogP contribution < -0.4 is 15.4 Å². The first kappa shape index (κ1) is 25.1. The van der Waals surface area contributed by atoms with Gasteiger partial charge in [-0.1, -0.05) is 43.3 Å². The lowest BCUT2D eigenvalue weighted by molar-refractivity contribution is -0.120. The number of allylic oxidation sites excluding steroid dienone is 1. The summed E-state index contributed by atoms with van der Waals surface area (Å²) < 4.78 is 5.83. The predicted octanol–water partition coefficient (Wildman–Crippen LogP) is 4.82. The van der Waals surface area contributed by atoms with Crippen LogP contribution in [0.15, 0.2) is 73.1 Å². The molecule has 186 valence electrons. The van der Waals surface area contributed by atoms with E-state index in [0.717, 1.165) is 47.0 Å². The van der Waals surface area contributed by atoms with Gasteiger partial charge in [0.2, 0.25) is 11.8 Å². The molecule has 0 atom stereocenters. The predicted molar refractivity (Wildman–Crippen MR) is 145 cm³/mol. The van der Waals surface area contributed by atoms with Crippen molar-refractivity contribution in [3.8, 4) is 5.88 Å². The van der Waals surface area contributed by atoms with Gasteiger partial charge in [-0.25, -0.2) is 4.98 Å². The van der Waals surface area contributed by atoms with Crippen LogP contribution >= 0.6 is 0 Å². The molecule has 0 radical (unpaired) electrons. The van der Waals surface area contributed by atoms with Crippen LogP contribution in [0, 0.1) is 0 Å². The molecule has 0 bridgehead atoms. The zero-order chi connectivity index (χ0) is 25.2. The average Bonchev–Trinajstić information content (AvgIpc) is 3.40. The number of H-pyrrole nitrogens is 1. The van der Waals surface area contributed by atoms with Crippen molar-refractivity contribution in [2.75, 3.05) is 26.7 Å². The van der Waals surface area contributed by atoms with Gasteiger partial charge in [0.05, 0.1) is 11.7 Å². The molecule has 3 N–H and O–H groups in total. The highest BCUT2D eigenvalue weighted by atomic mass is 16.5. The highest BCUT2D eigenvalue weighted by Gasteiger charge is 2.14. The van der Waals surface area contributed by atoms with E-state index in [2.05, 4.69) is 81.3 Å². The number of amides is 1. The first-order valence-electron chi connectivity index (χ1n) is 12.4. The maximum atomic E-state index is 11.3. The van der Waals surface area contributed by atoms with Crippen molar-refractivity contribution in [2.45, 2.75) is 26.2 Å². The van der Waals surface area contributed by atoms with Gasteiger partial charge in [0.1, 0.15) is 6.61 Å². The first-order valence-corrected chi connectivity index (χ1v) is 12.4. The number of carbonyl (C=O) groups excluding carboxylic acids is 1. The van der Waals surface area contributed by atoms with E-state index in [0.29, 0.717) is 25.5 Å². The minimum absolute atomic E-state index is 0.0638. The Balaban J connectivity index is 1.51. The number of ether oxygens (including phenoxy) is 1. The normalized spacial score (nSPS) is 11.8. The lowest BCUT2D eigenvalue weighted by atomic mass is 9.88. The summed E-state index contributed by atoms with van der Waals surface area (Å²) in [5, 5.41) is 14.2. The van der Waals surface area contributed by atoms with E-state index in [1.807, 2.05) is 24.5 Å². The van der Waals surface area contributed by atoms with Crippen LogP contribution in [-0.2, 0) is 4.79 Å². The Bertz CT molecular complexity index is 1300. The number of pyridine rings is 1. The van der Waals surface area contributed by atoms with Gasteiger partial charge in [-0.15, -0.1) is 0 Å². The zero-order valence-corrected chi connectivity index (χ0v) is 20.9. The zero-order valence-electron chi connectivity index (χ0n) is 20.9. The second-order valence-corrected chi connectivity index (χ2v) is 8.51. The Morgan fingerprint density at radius 1 is 0.972 bits per heavy atom. The van der Waals surface area contributed by atoms with Gasteiger partial charge >= 0.3 is 0 Å². The summed E-state index contributed by atoms with van der Waals surface area (Å²) in [6.45, 7) is 4.17. The third-order valence-electron chi connectivity index (χ3n) is 6.10. The third-order valence-corrected chi connectivity index (χ3v) is 6.10. The fourth-order valence-electron chi connectivity index (χ4n) is 4.24. The van der Waals surface area contributed by atoms with E-state index < -0.39 is 0 Å². The molecule has 0 aliphatic rings. The summed E-state index contributed by atoms with van der Waals surface area (Å²) >= 11 is 0. The quantitative estimate of drug-likeness (QED) is 0.198. The largest absolute Gasteiger partial charge is 0.476 e. The van der Waals surface area contributed by atoms with Crippen LogP contribution in [0.25, 0.3) is 22.0 Å². The monoisotopic (exact) mass is 483 g/mol. The van der Waals surface area contributed by atoms with Crippen molar-refractivity contribution < 1.29 is 9.53 Å². The van der Waals surface area contributed by atoms with E-state index in [1.165, 1.54) is 11.1 Å². The van der Waals surface area contributed by atoms with Gasteiger partial charge in [0.25, 0.3) is 0 Å². The van der Waals surface area contributed by atoms with Gasteiger partial charge in [-0.3, -0.25) is 9.89 Å². The maximum absolute atomic E-state index is 11.3. The minimum Gasteiger partial charge on any atom is -0.476 e. The summed E-state index contributed by atoms with van der Waals surface area (Å²) in [6, 6.07) is 20.9. The first-order chi connectivity index (χ1) is 17.7. The minimum atomic E-state index is 0.0638. The van der Waals surface area contributed by atoms with E-state index in [9.17, 15) is 4.79 Å². The Labute approximate surface area is 212 Å². The molecule has 7 nitrogen and oxygen atoms in total.